The lowest BCUT2D eigenvalue weighted by molar-refractivity contribution is 0.0217. The van der Waals surface area contributed by atoms with Crippen LogP contribution in [0.4, 0.5) is 14.9 Å². The summed E-state index contributed by atoms with van der Waals surface area (Å²) in [6, 6.07) is 3.47. The topological polar surface area (TPSA) is 42.0 Å². The van der Waals surface area contributed by atoms with E-state index >= 15 is 0 Å². The van der Waals surface area contributed by atoms with E-state index in [1.807, 2.05) is 20.8 Å². The highest BCUT2D eigenvalue weighted by molar-refractivity contribution is 5.70. The molecule has 1 aromatic rings. The second kappa shape index (κ2) is 5.58. The zero-order valence-electron chi connectivity index (χ0n) is 14.1. The highest BCUT2D eigenvalue weighted by Crippen LogP contribution is 2.38. The third-order valence-corrected chi connectivity index (χ3v) is 4.25. The lowest BCUT2D eigenvalue weighted by Crippen LogP contribution is -2.54. The fraction of sp³-hybridized carbons (Fsp3) is 0.588. The van der Waals surface area contributed by atoms with Crippen LogP contribution in [0.1, 0.15) is 26.3 Å². The molecule has 0 aliphatic carbocycles. The molecular weight excluding hydrogens is 299 g/mol. The third-order valence-electron chi connectivity index (χ3n) is 4.25. The van der Waals surface area contributed by atoms with Gasteiger partial charge in [0.15, 0.2) is 11.6 Å². The summed E-state index contributed by atoms with van der Waals surface area (Å²) in [5.41, 5.74) is 1.49. The first-order valence-corrected chi connectivity index (χ1v) is 7.89. The summed E-state index contributed by atoms with van der Waals surface area (Å²) in [6.07, 6.45) is 0.451. The van der Waals surface area contributed by atoms with Crippen LogP contribution in [0.25, 0.3) is 0 Å². The number of piperazine rings is 1. The molecule has 5 nitrogen and oxygen atoms in total. The third kappa shape index (κ3) is 3.07. The fourth-order valence-electron chi connectivity index (χ4n) is 3.26. The van der Waals surface area contributed by atoms with E-state index < -0.39 is 5.60 Å². The molecule has 1 unspecified atom stereocenters. The second-order valence-corrected chi connectivity index (χ2v) is 7.09. The van der Waals surface area contributed by atoms with Gasteiger partial charge in [-0.25, -0.2) is 9.18 Å². The number of amides is 1. The smallest absolute Gasteiger partial charge is 0.410 e. The van der Waals surface area contributed by atoms with E-state index in [1.54, 1.807) is 17.0 Å². The summed E-state index contributed by atoms with van der Waals surface area (Å²) >= 11 is 0. The van der Waals surface area contributed by atoms with Crippen molar-refractivity contribution in [3.8, 4) is 5.75 Å². The van der Waals surface area contributed by atoms with Gasteiger partial charge in [0.25, 0.3) is 0 Å². The van der Waals surface area contributed by atoms with Gasteiger partial charge in [0.05, 0.1) is 13.2 Å². The molecule has 0 bridgehead atoms. The minimum Gasteiger partial charge on any atom is -0.494 e. The number of hydrogen-bond donors (Lipinski definition) is 0. The van der Waals surface area contributed by atoms with Crippen LogP contribution in [-0.4, -0.2) is 49.4 Å². The van der Waals surface area contributed by atoms with Crippen LogP contribution in [0.5, 0.6) is 5.75 Å². The van der Waals surface area contributed by atoms with Crippen molar-refractivity contribution in [3.63, 3.8) is 0 Å². The van der Waals surface area contributed by atoms with E-state index in [-0.39, 0.29) is 23.7 Å². The van der Waals surface area contributed by atoms with Crippen molar-refractivity contribution in [3.05, 3.63) is 23.5 Å². The minimum atomic E-state index is -0.497. The Morgan fingerprint density at radius 3 is 2.70 bits per heavy atom. The van der Waals surface area contributed by atoms with Crippen molar-refractivity contribution in [2.75, 3.05) is 31.6 Å². The summed E-state index contributed by atoms with van der Waals surface area (Å²) in [5, 5.41) is 0. The Bertz CT molecular complexity index is 627. The van der Waals surface area contributed by atoms with Crippen molar-refractivity contribution >= 4 is 11.8 Å². The monoisotopic (exact) mass is 322 g/mol. The number of rotatable bonds is 1. The van der Waals surface area contributed by atoms with Crippen molar-refractivity contribution in [2.24, 2.45) is 0 Å². The molecule has 0 radical (unpaired) electrons. The molecule has 1 atom stereocenters. The van der Waals surface area contributed by atoms with Crippen LogP contribution in [0.2, 0.25) is 0 Å². The molecule has 6 heteroatoms. The van der Waals surface area contributed by atoms with Gasteiger partial charge in [0.2, 0.25) is 0 Å². The summed E-state index contributed by atoms with van der Waals surface area (Å²) in [5.74, 6) is -0.0749. The first kappa shape index (κ1) is 15.9. The highest BCUT2D eigenvalue weighted by atomic mass is 19.1. The maximum Gasteiger partial charge on any atom is 0.410 e. The van der Waals surface area contributed by atoms with Gasteiger partial charge < -0.3 is 19.3 Å². The average molecular weight is 322 g/mol. The molecule has 2 aliphatic rings. The number of benzene rings is 1. The molecule has 2 aliphatic heterocycles. The Hall–Kier alpha value is -1.98. The molecule has 23 heavy (non-hydrogen) atoms. The molecule has 0 N–H and O–H groups in total. The van der Waals surface area contributed by atoms with E-state index in [0.717, 1.165) is 17.7 Å². The number of ether oxygens (including phenoxy) is 2. The molecule has 1 amide bonds. The zero-order chi connectivity index (χ0) is 16.8. The van der Waals surface area contributed by atoms with Gasteiger partial charge in [-0.05, 0) is 38.8 Å². The molecular formula is C17H23FN2O3. The van der Waals surface area contributed by atoms with E-state index in [9.17, 15) is 9.18 Å². The Morgan fingerprint density at radius 1 is 1.30 bits per heavy atom. The number of hydrogen-bond acceptors (Lipinski definition) is 4. The summed E-state index contributed by atoms with van der Waals surface area (Å²) in [7, 11) is 1.47. The van der Waals surface area contributed by atoms with Crippen LogP contribution in [0.15, 0.2) is 12.1 Å². The molecule has 126 valence electrons. The van der Waals surface area contributed by atoms with Gasteiger partial charge in [-0.15, -0.1) is 0 Å². The maximum atomic E-state index is 13.9. The van der Waals surface area contributed by atoms with Crippen molar-refractivity contribution < 1.29 is 18.7 Å². The number of halogens is 1. The number of methoxy groups -OCH3 is 1. The number of nitrogens with zero attached hydrogens (tertiary/aromatic N) is 2. The first-order chi connectivity index (χ1) is 10.8. The Morgan fingerprint density at radius 2 is 2.04 bits per heavy atom. The van der Waals surface area contributed by atoms with Gasteiger partial charge in [0, 0.05) is 31.4 Å². The lowest BCUT2D eigenvalue weighted by Gasteiger charge is -2.39. The van der Waals surface area contributed by atoms with Crippen molar-refractivity contribution in [2.45, 2.75) is 38.8 Å². The molecule has 0 aromatic heterocycles. The average Bonchev–Trinajstić information content (AvgIpc) is 2.80. The van der Waals surface area contributed by atoms with Gasteiger partial charge in [-0.3, -0.25) is 0 Å². The summed E-state index contributed by atoms with van der Waals surface area (Å²) < 4.78 is 24.4. The molecule has 0 spiro atoms. The largest absolute Gasteiger partial charge is 0.494 e. The lowest BCUT2D eigenvalue weighted by atomic mass is 10.1. The van der Waals surface area contributed by atoms with E-state index in [1.165, 1.54) is 7.11 Å². The Balaban J connectivity index is 1.74. The molecule has 2 heterocycles. The zero-order valence-corrected chi connectivity index (χ0v) is 14.1. The van der Waals surface area contributed by atoms with Crippen molar-refractivity contribution in [1.29, 1.82) is 0 Å². The molecule has 1 aromatic carbocycles. The summed E-state index contributed by atoms with van der Waals surface area (Å²) in [4.78, 5) is 16.2. The number of anilines is 1. The van der Waals surface area contributed by atoms with Gasteiger partial charge in [-0.1, -0.05) is 0 Å². The first-order valence-electron chi connectivity index (χ1n) is 7.89. The van der Waals surface area contributed by atoms with Crippen molar-refractivity contribution in [1.82, 2.24) is 4.90 Å². The van der Waals surface area contributed by atoms with Gasteiger partial charge in [0.1, 0.15) is 5.60 Å². The van der Waals surface area contributed by atoms with Gasteiger partial charge in [-0.2, -0.15) is 0 Å². The second-order valence-electron chi connectivity index (χ2n) is 7.09. The van der Waals surface area contributed by atoms with Crippen LogP contribution < -0.4 is 9.64 Å². The SMILES string of the molecule is COc1cc2c(cc1F)CC1CN(C(=O)OC(C)(C)C)CCN21. The van der Waals surface area contributed by atoms with Gasteiger partial charge >= 0.3 is 6.09 Å². The van der Waals surface area contributed by atoms with Crippen LogP contribution in [0.3, 0.4) is 0 Å². The normalized spacial score (nSPS) is 20.1. The molecule has 0 saturated carbocycles. The molecule has 1 saturated heterocycles. The minimum absolute atomic E-state index is 0.165. The number of fused-ring (bicyclic) bond motifs is 3. The van der Waals surface area contributed by atoms with Crippen LogP contribution in [-0.2, 0) is 11.2 Å². The number of carbonyl (C=O) groups is 1. The van der Waals surface area contributed by atoms with Crippen LogP contribution >= 0.6 is 0 Å². The fourth-order valence-corrected chi connectivity index (χ4v) is 3.26. The predicted octanol–water partition coefficient (Wildman–Crippen LogP) is 2.82. The number of carbonyl (C=O) groups excluding carboxylic acids is 1. The predicted molar refractivity (Wildman–Crippen MR) is 85.6 cm³/mol. The maximum absolute atomic E-state index is 13.9. The highest BCUT2D eigenvalue weighted by Gasteiger charge is 2.37. The van der Waals surface area contributed by atoms with E-state index in [0.29, 0.717) is 19.6 Å². The molecule has 3 rings (SSSR count). The van der Waals surface area contributed by atoms with E-state index in [4.69, 9.17) is 9.47 Å². The quantitative estimate of drug-likeness (QED) is 0.797. The molecule has 1 fully saturated rings. The van der Waals surface area contributed by atoms with Crippen LogP contribution in [0, 0.1) is 5.82 Å². The van der Waals surface area contributed by atoms with E-state index in [2.05, 4.69) is 4.90 Å². The Labute approximate surface area is 136 Å². The summed E-state index contributed by atoms with van der Waals surface area (Å²) in [6.45, 7) is 7.49. The standard InChI is InChI=1S/C17H23FN2O3/c1-17(2,3)23-16(21)19-5-6-20-12(10-19)7-11-8-13(18)15(22-4)9-14(11)20/h8-9,12H,5-7,10H2,1-4H3. The Kier molecular flexibility index (Phi) is 3.86.